The van der Waals surface area contributed by atoms with E-state index >= 15 is 0 Å². The molecule has 0 aliphatic carbocycles. The van der Waals surface area contributed by atoms with Crippen LogP contribution >= 0.6 is 0 Å². The van der Waals surface area contributed by atoms with Crippen LogP contribution in [0.4, 0.5) is 0 Å². The molecule has 0 amide bonds. The normalized spacial score (nSPS) is 10.4. The molecule has 2 aromatic carbocycles. The summed E-state index contributed by atoms with van der Waals surface area (Å²) in [5.41, 5.74) is 3.87. The fourth-order valence-electron chi connectivity index (χ4n) is 2.20. The molecule has 3 rings (SSSR count). The van der Waals surface area contributed by atoms with Crippen LogP contribution in [-0.4, -0.2) is 16.6 Å². The maximum Gasteiger partial charge on any atom is 0.317 e. The van der Waals surface area contributed by atoms with Crippen molar-refractivity contribution in [2.75, 3.05) is 6.61 Å². The van der Waals surface area contributed by atoms with Gasteiger partial charge in [0.15, 0.2) is 0 Å². The standard InChI is InChI=1S/C19H18N2O/c1-2-13-22-19-20-17(15-9-5-3-6-10-15)14-18(21-19)16-11-7-4-8-12-16/h3-12,14H,2,13H2,1H3. The average molecular weight is 290 g/mol. The molecule has 0 aliphatic heterocycles. The van der Waals surface area contributed by atoms with Crippen molar-refractivity contribution in [3.63, 3.8) is 0 Å². The Morgan fingerprint density at radius 2 is 1.27 bits per heavy atom. The number of nitrogens with zero attached hydrogens (tertiary/aromatic N) is 2. The van der Waals surface area contributed by atoms with Crippen molar-refractivity contribution >= 4 is 0 Å². The Labute approximate surface area is 130 Å². The van der Waals surface area contributed by atoms with Gasteiger partial charge in [0.2, 0.25) is 0 Å². The van der Waals surface area contributed by atoms with Crippen LogP contribution in [0.3, 0.4) is 0 Å². The lowest BCUT2D eigenvalue weighted by atomic mass is 10.1. The van der Waals surface area contributed by atoms with Gasteiger partial charge in [0.1, 0.15) is 0 Å². The van der Waals surface area contributed by atoms with E-state index in [2.05, 4.69) is 16.9 Å². The molecule has 1 aromatic heterocycles. The second-order valence-corrected chi connectivity index (χ2v) is 5.00. The summed E-state index contributed by atoms with van der Waals surface area (Å²) < 4.78 is 5.66. The summed E-state index contributed by atoms with van der Waals surface area (Å²) in [6.45, 7) is 2.69. The molecule has 0 saturated carbocycles. The molecule has 0 aliphatic rings. The molecule has 1 heterocycles. The highest BCUT2D eigenvalue weighted by Crippen LogP contribution is 2.25. The van der Waals surface area contributed by atoms with Gasteiger partial charge < -0.3 is 4.74 Å². The summed E-state index contributed by atoms with van der Waals surface area (Å²) in [5, 5.41) is 0. The molecule has 22 heavy (non-hydrogen) atoms. The first-order chi connectivity index (χ1) is 10.9. The van der Waals surface area contributed by atoms with Crippen molar-refractivity contribution in [2.45, 2.75) is 13.3 Å². The van der Waals surface area contributed by atoms with Gasteiger partial charge in [-0.1, -0.05) is 67.6 Å². The van der Waals surface area contributed by atoms with Crippen LogP contribution in [0.2, 0.25) is 0 Å². The fraction of sp³-hybridized carbons (Fsp3) is 0.158. The van der Waals surface area contributed by atoms with Gasteiger partial charge in [0, 0.05) is 11.1 Å². The van der Waals surface area contributed by atoms with Crippen LogP contribution in [0.25, 0.3) is 22.5 Å². The van der Waals surface area contributed by atoms with E-state index in [1.807, 2.05) is 66.7 Å². The Kier molecular flexibility index (Phi) is 4.44. The Balaban J connectivity index is 2.06. The molecule has 0 N–H and O–H groups in total. The third kappa shape index (κ3) is 3.31. The number of hydrogen-bond donors (Lipinski definition) is 0. The Hall–Kier alpha value is -2.68. The lowest BCUT2D eigenvalue weighted by molar-refractivity contribution is 0.293. The van der Waals surface area contributed by atoms with E-state index < -0.39 is 0 Å². The van der Waals surface area contributed by atoms with E-state index in [9.17, 15) is 0 Å². The van der Waals surface area contributed by atoms with Crippen LogP contribution in [0.1, 0.15) is 13.3 Å². The lowest BCUT2D eigenvalue weighted by Crippen LogP contribution is -2.02. The average Bonchev–Trinajstić information content (AvgIpc) is 2.61. The first-order valence-electron chi connectivity index (χ1n) is 7.49. The highest BCUT2D eigenvalue weighted by molar-refractivity contribution is 5.68. The molecule has 0 atom stereocenters. The van der Waals surface area contributed by atoms with Gasteiger partial charge in [-0.15, -0.1) is 0 Å². The van der Waals surface area contributed by atoms with Crippen LogP contribution < -0.4 is 4.74 Å². The predicted molar refractivity (Wildman–Crippen MR) is 88.7 cm³/mol. The number of benzene rings is 2. The highest BCUT2D eigenvalue weighted by atomic mass is 16.5. The van der Waals surface area contributed by atoms with Gasteiger partial charge in [0.05, 0.1) is 18.0 Å². The molecule has 110 valence electrons. The van der Waals surface area contributed by atoms with E-state index in [0.717, 1.165) is 28.9 Å². The second kappa shape index (κ2) is 6.85. The van der Waals surface area contributed by atoms with Crippen LogP contribution in [0.5, 0.6) is 6.01 Å². The number of ether oxygens (including phenoxy) is 1. The van der Waals surface area contributed by atoms with Crippen LogP contribution in [0.15, 0.2) is 66.7 Å². The number of rotatable bonds is 5. The van der Waals surface area contributed by atoms with Gasteiger partial charge >= 0.3 is 6.01 Å². The summed E-state index contributed by atoms with van der Waals surface area (Å²) in [5.74, 6) is 0. The molecular weight excluding hydrogens is 272 g/mol. The van der Waals surface area contributed by atoms with Crippen molar-refractivity contribution in [1.82, 2.24) is 9.97 Å². The highest BCUT2D eigenvalue weighted by Gasteiger charge is 2.09. The van der Waals surface area contributed by atoms with Crippen molar-refractivity contribution in [2.24, 2.45) is 0 Å². The predicted octanol–water partition coefficient (Wildman–Crippen LogP) is 4.60. The van der Waals surface area contributed by atoms with E-state index in [4.69, 9.17) is 4.74 Å². The Morgan fingerprint density at radius 3 is 1.73 bits per heavy atom. The maximum atomic E-state index is 5.66. The summed E-state index contributed by atoms with van der Waals surface area (Å²) in [6, 6.07) is 22.6. The lowest BCUT2D eigenvalue weighted by Gasteiger charge is -2.09. The van der Waals surface area contributed by atoms with E-state index in [-0.39, 0.29) is 0 Å². The summed E-state index contributed by atoms with van der Waals surface area (Å²) in [6.07, 6.45) is 0.930. The van der Waals surface area contributed by atoms with Gasteiger partial charge in [0.25, 0.3) is 0 Å². The largest absolute Gasteiger partial charge is 0.463 e. The Bertz CT molecular complexity index is 669. The second-order valence-electron chi connectivity index (χ2n) is 5.00. The zero-order valence-electron chi connectivity index (χ0n) is 12.6. The summed E-state index contributed by atoms with van der Waals surface area (Å²) in [7, 11) is 0. The van der Waals surface area contributed by atoms with Gasteiger partial charge in [-0.2, -0.15) is 9.97 Å². The van der Waals surface area contributed by atoms with Crippen molar-refractivity contribution in [3.8, 4) is 28.5 Å². The SMILES string of the molecule is CCCOc1nc(-c2ccccc2)cc(-c2ccccc2)n1. The molecule has 0 spiro atoms. The van der Waals surface area contributed by atoms with Crippen molar-refractivity contribution in [3.05, 3.63) is 66.7 Å². The summed E-state index contributed by atoms with van der Waals surface area (Å²) >= 11 is 0. The first kappa shape index (κ1) is 14.3. The molecular formula is C19H18N2O. The van der Waals surface area contributed by atoms with E-state index in [1.165, 1.54) is 0 Å². The maximum absolute atomic E-state index is 5.66. The van der Waals surface area contributed by atoms with Crippen LogP contribution in [-0.2, 0) is 0 Å². The third-order valence-electron chi connectivity index (χ3n) is 3.28. The number of aromatic nitrogens is 2. The molecule has 3 heteroatoms. The quantitative estimate of drug-likeness (QED) is 0.689. The monoisotopic (exact) mass is 290 g/mol. The zero-order valence-corrected chi connectivity index (χ0v) is 12.6. The zero-order chi connectivity index (χ0) is 15.2. The van der Waals surface area contributed by atoms with E-state index in [1.54, 1.807) is 0 Å². The molecule has 0 unspecified atom stereocenters. The minimum absolute atomic E-state index is 0.432. The fourth-order valence-corrected chi connectivity index (χ4v) is 2.20. The molecule has 0 saturated heterocycles. The molecule has 0 fully saturated rings. The topological polar surface area (TPSA) is 35.0 Å². The van der Waals surface area contributed by atoms with Crippen molar-refractivity contribution in [1.29, 1.82) is 0 Å². The Morgan fingerprint density at radius 1 is 0.773 bits per heavy atom. The van der Waals surface area contributed by atoms with Gasteiger partial charge in [-0.3, -0.25) is 0 Å². The van der Waals surface area contributed by atoms with Crippen molar-refractivity contribution < 1.29 is 4.74 Å². The molecule has 0 bridgehead atoms. The number of hydrogen-bond acceptors (Lipinski definition) is 3. The molecule has 0 radical (unpaired) electrons. The van der Waals surface area contributed by atoms with Gasteiger partial charge in [-0.05, 0) is 12.5 Å². The molecule has 3 aromatic rings. The summed E-state index contributed by atoms with van der Waals surface area (Å²) in [4.78, 5) is 9.07. The minimum atomic E-state index is 0.432. The van der Waals surface area contributed by atoms with Crippen LogP contribution in [0, 0.1) is 0 Å². The minimum Gasteiger partial charge on any atom is -0.463 e. The smallest absolute Gasteiger partial charge is 0.317 e. The molecule has 3 nitrogen and oxygen atoms in total. The first-order valence-corrected chi connectivity index (χ1v) is 7.49. The van der Waals surface area contributed by atoms with E-state index in [0.29, 0.717) is 12.6 Å². The third-order valence-corrected chi connectivity index (χ3v) is 3.28. The van der Waals surface area contributed by atoms with Gasteiger partial charge in [-0.25, -0.2) is 0 Å².